The molecule has 0 aliphatic rings. The monoisotopic (exact) mass is 339 g/mol. The van der Waals surface area contributed by atoms with E-state index >= 15 is 0 Å². The van der Waals surface area contributed by atoms with Gasteiger partial charge in [0, 0.05) is 11.8 Å². The Morgan fingerprint density at radius 2 is 2.00 bits per heavy atom. The van der Waals surface area contributed by atoms with Crippen molar-refractivity contribution >= 4 is 35.1 Å². The highest BCUT2D eigenvalue weighted by molar-refractivity contribution is 7.73. The van der Waals surface area contributed by atoms with Gasteiger partial charge < -0.3 is 9.30 Å². The van der Waals surface area contributed by atoms with Gasteiger partial charge in [0.1, 0.15) is 6.61 Å². The van der Waals surface area contributed by atoms with Gasteiger partial charge in [0.05, 0.1) is 12.2 Å². The second kappa shape index (κ2) is 11.2. The van der Waals surface area contributed by atoms with E-state index in [0.29, 0.717) is 13.2 Å². The summed E-state index contributed by atoms with van der Waals surface area (Å²) in [5.41, 5.74) is 2.22. The molecule has 0 aliphatic heterocycles. The zero-order chi connectivity index (χ0) is 17.1. The Labute approximate surface area is 142 Å². The first kappa shape index (κ1) is 20.5. The minimum absolute atomic E-state index is 0.272. The van der Waals surface area contributed by atoms with Crippen LogP contribution in [0, 0.1) is 10.9 Å². The van der Waals surface area contributed by atoms with Crippen molar-refractivity contribution in [3.05, 3.63) is 45.4 Å². The highest BCUT2D eigenvalue weighted by Gasteiger charge is 2.11. The number of aryl methyl sites for hydroxylation is 1. The zero-order valence-electron chi connectivity index (χ0n) is 14.0. The Bertz CT molecular complexity index is 607. The molecule has 0 unspecified atom stereocenters. The Morgan fingerprint density at radius 3 is 2.55 bits per heavy atom. The van der Waals surface area contributed by atoms with Gasteiger partial charge in [-0.3, -0.25) is 4.79 Å². The third-order valence-electron chi connectivity index (χ3n) is 2.65. The summed E-state index contributed by atoms with van der Waals surface area (Å²) in [6, 6.07) is 0. The average molecular weight is 340 g/mol. The fraction of sp³-hybridized carbons (Fsp3) is 0.412. The molecule has 0 saturated heterocycles. The standard InChI is InChI=1S/C15H19NO2S2.C2H6/c1-5-6-7-8-11(2)14-12(3)20-15(19)16(14)9-10-18-13(4)17;1-2/h5-8H,1,9-10H2,2-4H3;1-2H3/b7-6-,11-8+;. The molecule has 0 spiro atoms. The average Bonchev–Trinajstić information content (AvgIpc) is 2.75. The van der Waals surface area contributed by atoms with Crippen molar-refractivity contribution in [1.29, 1.82) is 0 Å². The quantitative estimate of drug-likeness (QED) is 0.399. The first-order chi connectivity index (χ1) is 10.5. The van der Waals surface area contributed by atoms with Gasteiger partial charge in [0.2, 0.25) is 0 Å². The van der Waals surface area contributed by atoms with Crippen LogP contribution in [0.25, 0.3) is 5.57 Å². The molecule has 0 aromatic carbocycles. The molecule has 5 heteroatoms. The van der Waals surface area contributed by atoms with Gasteiger partial charge in [-0.2, -0.15) is 0 Å². The highest BCUT2D eigenvalue weighted by atomic mass is 32.1. The van der Waals surface area contributed by atoms with Crippen LogP contribution < -0.4 is 0 Å². The maximum atomic E-state index is 10.8. The van der Waals surface area contributed by atoms with Gasteiger partial charge in [-0.25, -0.2) is 0 Å². The lowest BCUT2D eigenvalue weighted by molar-refractivity contribution is -0.141. The zero-order valence-corrected chi connectivity index (χ0v) is 15.6. The molecule has 0 saturated carbocycles. The van der Waals surface area contributed by atoms with E-state index < -0.39 is 0 Å². The van der Waals surface area contributed by atoms with Crippen LogP contribution in [0.5, 0.6) is 0 Å². The molecule has 0 N–H and O–H groups in total. The Balaban J connectivity index is 0.00000211. The van der Waals surface area contributed by atoms with E-state index in [1.54, 1.807) is 17.4 Å². The number of hydrogen-bond donors (Lipinski definition) is 0. The predicted molar refractivity (Wildman–Crippen MR) is 98.8 cm³/mol. The number of carbonyl (C=O) groups excluding carboxylic acids is 1. The minimum atomic E-state index is -0.272. The lowest BCUT2D eigenvalue weighted by Crippen LogP contribution is -2.11. The van der Waals surface area contributed by atoms with Crippen LogP contribution in [0.2, 0.25) is 0 Å². The summed E-state index contributed by atoms with van der Waals surface area (Å²) in [6.45, 7) is 14.1. The fourth-order valence-electron chi connectivity index (χ4n) is 1.85. The molecule has 1 aromatic rings. The van der Waals surface area contributed by atoms with Crippen molar-refractivity contribution in [3.63, 3.8) is 0 Å². The molecule has 0 bridgehead atoms. The third kappa shape index (κ3) is 6.54. The number of nitrogens with zero attached hydrogens (tertiary/aromatic N) is 1. The van der Waals surface area contributed by atoms with Crippen molar-refractivity contribution in [2.24, 2.45) is 0 Å². The van der Waals surface area contributed by atoms with Gasteiger partial charge in [0.25, 0.3) is 0 Å². The molecule has 0 amide bonds. The summed E-state index contributed by atoms with van der Waals surface area (Å²) in [4.78, 5) is 12.0. The van der Waals surface area contributed by atoms with Crippen LogP contribution in [0.4, 0.5) is 0 Å². The number of hydrogen-bond acceptors (Lipinski definition) is 4. The van der Waals surface area contributed by atoms with Crippen LogP contribution in [0.15, 0.2) is 30.9 Å². The summed E-state index contributed by atoms with van der Waals surface area (Å²) in [6.07, 6.45) is 7.58. The molecule has 1 rings (SSSR count). The van der Waals surface area contributed by atoms with E-state index in [2.05, 4.69) is 6.58 Å². The molecule has 1 aromatic heterocycles. The lowest BCUT2D eigenvalue weighted by atomic mass is 10.1. The van der Waals surface area contributed by atoms with Gasteiger partial charge in [-0.05, 0) is 31.6 Å². The maximum Gasteiger partial charge on any atom is 0.302 e. The van der Waals surface area contributed by atoms with Crippen LogP contribution in [-0.4, -0.2) is 17.1 Å². The number of thiazole rings is 1. The van der Waals surface area contributed by atoms with Crippen molar-refractivity contribution in [2.45, 2.75) is 41.2 Å². The van der Waals surface area contributed by atoms with Crippen molar-refractivity contribution in [1.82, 2.24) is 4.57 Å². The molecule has 0 atom stereocenters. The lowest BCUT2D eigenvalue weighted by Gasteiger charge is -2.10. The normalized spacial score (nSPS) is 11.0. The molecular weight excluding hydrogens is 314 g/mol. The Hall–Kier alpha value is -1.46. The second-order valence-electron chi connectivity index (χ2n) is 4.23. The summed E-state index contributed by atoms with van der Waals surface area (Å²) < 4.78 is 7.81. The summed E-state index contributed by atoms with van der Waals surface area (Å²) >= 11 is 6.95. The summed E-state index contributed by atoms with van der Waals surface area (Å²) in [5, 5.41) is 0. The van der Waals surface area contributed by atoms with Gasteiger partial charge >= 0.3 is 5.97 Å². The maximum absolute atomic E-state index is 10.8. The number of esters is 1. The van der Waals surface area contributed by atoms with Gasteiger partial charge in [0.15, 0.2) is 3.95 Å². The largest absolute Gasteiger partial charge is 0.464 e. The molecule has 0 aliphatic carbocycles. The topological polar surface area (TPSA) is 31.2 Å². The van der Waals surface area contributed by atoms with E-state index in [-0.39, 0.29) is 5.97 Å². The van der Waals surface area contributed by atoms with Crippen LogP contribution >= 0.6 is 23.6 Å². The molecule has 0 radical (unpaired) electrons. The third-order valence-corrected chi connectivity index (χ3v) is 4.02. The number of carbonyl (C=O) groups is 1. The van der Waals surface area contributed by atoms with Crippen molar-refractivity contribution < 1.29 is 9.53 Å². The van der Waals surface area contributed by atoms with E-state index in [9.17, 15) is 4.79 Å². The predicted octanol–water partition coefficient (Wildman–Crippen LogP) is 5.32. The van der Waals surface area contributed by atoms with Crippen LogP contribution in [-0.2, 0) is 16.1 Å². The summed E-state index contributed by atoms with van der Waals surface area (Å²) in [5.74, 6) is -0.272. The highest BCUT2D eigenvalue weighted by Crippen LogP contribution is 2.25. The van der Waals surface area contributed by atoms with Crippen LogP contribution in [0.3, 0.4) is 0 Å². The molecule has 122 valence electrons. The minimum Gasteiger partial charge on any atom is -0.464 e. The molecule has 3 nitrogen and oxygen atoms in total. The first-order valence-corrected chi connectivity index (χ1v) is 8.49. The van der Waals surface area contributed by atoms with Crippen molar-refractivity contribution in [2.75, 3.05) is 6.61 Å². The molecule has 0 fully saturated rings. The van der Waals surface area contributed by atoms with E-state index in [0.717, 1.165) is 15.2 Å². The van der Waals surface area contributed by atoms with Gasteiger partial charge in [-0.1, -0.05) is 44.7 Å². The second-order valence-corrected chi connectivity index (χ2v) is 6.08. The smallest absolute Gasteiger partial charge is 0.302 e. The SMILES string of the molecule is C=C/C=C\C=C(/C)c1c(C)sc(=S)n1CCOC(C)=O.CC. The van der Waals surface area contributed by atoms with E-state index in [1.165, 1.54) is 11.8 Å². The number of aromatic nitrogens is 1. The van der Waals surface area contributed by atoms with Crippen LogP contribution in [0.1, 0.15) is 38.3 Å². The molecule has 22 heavy (non-hydrogen) atoms. The number of rotatable bonds is 6. The fourth-order valence-corrected chi connectivity index (χ4v) is 3.33. The van der Waals surface area contributed by atoms with E-state index in [4.69, 9.17) is 17.0 Å². The summed E-state index contributed by atoms with van der Waals surface area (Å²) in [7, 11) is 0. The number of allylic oxidation sites excluding steroid dienone is 5. The Morgan fingerprint density at radius 1 is 1.36 bits per heavy atom. The Kier molecular flexibility index (Phi) is 10.4. The molecular formula is C17H25NO2S2. The molecule has 1 heterocycles. The van der Waals surface area contributed by atoms with E-state index in [1.807, 2.05) is 50.5 Å². The first-order valence-electron chi connectivity index (χ1n) is 7.27. The number of ether oxygens (including phenoxy) is 1. The van der Waals surface area contributed by atoms with Gasteiger partial charge in [-0.15, -0.1) is 11.3 Å². The van der Waals surface area contributed by atoms with Crippen molar-refractivity contribution in [3.8, 4) is 0 Å².